The molecule has 3 fully saturated rings. The van der Waals surface area contributed by atoms with Crippen molar-refractivity contribution in [2.24, 2.45) is 0 Å². The number of nitriles is 1. The molecule has 2 N–H and O–H groups in total. The topological polar surface area (TPSA) is 96.7 Å². The van der Waals surface area contributed by atoms with E-state index in [4.69, 9.17) is 0 Å². The lowest BCUT2D eigenvalue weighted by molar-refractivity contribution is -0.162. The van der Waals surface area contributed by atoms with E-state index in [2.05, 4.69) is 11.4 Å². The van der Waals surface area contributed by atoms with E-state index >= 15 is 0 Å². The van der Waals surface area contributed by atoms with Crippen LogP contribution in [0.4, 0.5) is 4.79 Å². The van der Waals surface area contributed by atoms with E-state index in [1.807, 2.05) is 32.0 Å². The molecule has 7 nitrogen and oxygen atoms in total. The van der Waals surface area contributed by atoms with Gasteiger partial charge >= 0.3 is 6.03 Å². The van der Waals surface area contributed by atoms with E-state index in [1.165, 1.54) is 4.90 Å². The van der Waals surface area contributed by atoms with Crippen molar-refractivity contribution in [3.8, 4) is 6.07 Å². The number of nitrogens with zero attached hydrogens (tertiary/aromatic N) is 3. The predicted octanol–water partition coefficient (Wildman–Crippen LogP) is 1.67. The Morgan fingerprint density at radius 2 is 2.03 bits per heavy atom. The summed E-state index contributed by atoms with van der Waals surface area (Å²) in [5.74, 6) is -0.132. The van der Waals surface area contributed by atoms with Crippen molar-refractivity contribution in [3.63, 3.8) is 0 Å². The summed E-state index contributed by atoms with van der Waals surface area (Å²) in [4.78, 5) is 29.7. The number of imide groups is 1. The lowest BCUT2D eigenvalue weighted by Gasteiger charge is -2.64. The van der Waals surface area contributed by atoms with E-state index in [0.29, 0.717) is 50.8 Å². The number of hydrogen-bond acceptors (Lipinski definition) is 5. The van der Waals surface area contributed by atoms with E-state index in [1.54, 1.807) is 4.90 Å². The molecule has 4 atom stereocenters. The van der Waals surface area contributed by atoms with Crippen LogP contribution in [0.2, 0.25) is 0 Å². The number of benzene rings is 1. The zero-order valence-corrected chi connectivity index (χ0v) is 17.6. The Hall–Kier alpha value is -2.43. The average molecular weight is 409 g/mol. The van der Waals surface area contributed by atoms with Crippen LogP contribution in [-0.4, -0.2) is 63.7 Å². The third-order valence-corrected chi connectivity index (χ3v) is 8.29. The van der Waals surface area contributed by atoms with Gasteiger partial charge in [-0.3, -0.25) is 9.69 Å². The normalized spacial score (nSPS) is 37.2. The zero-order valence-electron chi connectivity index (χ0n) is 17.6. The van der Waals surface area contributed by atoms with Crippen molar-refractivity contribution in [1.82, 2.24) is 15.1 Å². The molecule has 5 rings (SSSR count). The zero-order chi connectivity index (χ0) is 21.3. The van der Waals surface area contributed by atoms with Crippen molar-refractivity contribution in [2.45, 2.75) is 68.5 Å². The summed E-state index contributed by atoms with van der Waals surface area (Å²) in [5, 5.41) is 25.1. The molecule has 0 radical (unpaired) electrons. The van der Waals surface area contributed by atoms with Crippen LogP contribution in [0, 0.1) is 11.3 Å². The van der Waals surface area contributed by atoms with Gasteiger partial charge in [0, 0.05) is 24.5 Å². The number of rotatable bonds is 2. The molecule has 1 aromatic rings. The standard InChI is InChI=1S/C23H28N4O3/c1-3-26-19(28)22(27(4-2)20(26)29)7-8-23(30)18-12-16-6-5-15(13-24)11-17(16)21(23,14-22)9-10-25-18/h5-6,11,18,25,30H,3-4,7-10,12,14H2,1-2H3/t18-,21-,22+,23-/m1/s1. The number of fused-ring (bicyclic) bond motifs is 1. The van der Waals surface area contributed by atoms with Crippen LogP contribution >= 0.6 is 0 Å². The molecule has 1 saturated carbocycles. The Balaban J connectivity index is 1.72. The molecular weight excluding hydrogens is 380 g/mol. The van der Waals surface area contributed by atoms with Crippen molar-refractivity contribution >= 4 is 11.9 Å². The number of hydrogen-bond donors (Lipinski definition) is 2. The fourth-order valence-electron chi connectivity index (χ4n) is 6.92. The number of likely N-dealkylation sites (N-methyl/N-ethyl adjacent to an activating group) is 2. The highest BCUT2D eigenvalue weighted by Crippen LogP contribution is 2.60. The molecule has 4 aliphatic rings. The first-order chi connectivity index (χ1) is 14.4. The monoisotopic (exact) mass is 408 g/mol. The van der Waals surface area contributed by atoms with Crippen LogP contribution in [0.15, 0.2) is 18.2 Å². The first-order valence-electron chi connectivity index (χ1n) is 11.0. The summed E-state index contributed by atoms with van der Waals surface area (Å²) in [6.07, 6.45) is 2.71. The van der Waals surface area contributed by atoms with Gasteiger partial charge in [-0.2, -0.15) is 5.26 Å². The highest BCUT2D eigenvalue weighted by Gasteiger charge is 2.70. The number of aliphatic hydroxyl groups is 1. The quantitative estimate of drug-likeness (QED) is 0.726. The fraction of sp³-hybridized carbons (Fsp3) is 0.609. The van der Waals surface area contributed by atoms with E-state index in [-0.39, 0.29) is 18.0 Å². The van der Waals surface area contributed by atoms with Gasteiger partial charge in [0.15, 0.2) is 0 Å². The van der Waals surface area contributed by atoms with Gasteiger partial charge in [0.2, 0.25) is 0 Å². The number of carbonyl (C=O) groups excluding carboxylic acids is 2. The third-order valence-electron chi connectivity index (χ3n) is 8.29. The lowest BCUT2D eigenvalue weighted by Crippen LogP contribution is -2.76. The maximum Gasteiger partial charge on any atom is 0.327 e. The Kier molecular flexibility index (Phi) is 4.09. The SMILES string of the molecule is CCN1C(=O)N(CC)[C@]2(CC[C@@]3(O)[C@H]4Cc5ccc(C#N)cc5[C@@]3(CCN4)C2)C1=O. The number of urea groups is 1. The van der Waals surface area contributed by atoms with Crippen molar-refractivity contribution in [3.05, 3.63) is 34.9 Å². The second kappa shape index (κ2) is 6.29. The Morgan fingerprint density at radius 1 is 1.23 bits per heavy atom. The number of piperidine rings is 1. The molecule has 2 aliphatic heterocycles. The van der Waals surface area contributed by atoms with Crippen LogP contribution in [0.25, 0.3) is 0 Å². The van der Waals surface area contributed by atoms with Crippen molar-refractivity contribution < 1.29 is 14.7 Å². The molecule has 1 spiro atoms. The molecule has 2 bridgehead atoms. The molecule has 3 amide bonds. The molecule has 2 saturated heterocycles. The second-order valence-electron chi connectivity index (χ2n) is 9.24. The molecule has 2 aliphatic carbocycles. The van der Waals surface area contributed by atoms with Gasteiger partial charge in [0.05, 0.1) is 17.2 Å². The highest BCUT2D eigenvalue weighted by atomic mass is 16.3. The van der Waals surface area contributed by atoms with Gasteiger partial charge in [-0.1, -0.05) is 6.07 Å². The third kappa shape index (κ3) is 2.11. The number of amides is 3. The average Bonchev–Trinajstić information content (AvgIpc) is 2.93. The molecule has 158 valence electrons. The van der Waals surface area contributed by atoms with Gasteiger partial charge in [0.25, 0.3) is 5.91 Å². The maximum absolute atomic E-state index is 13.6. The molecule has 2 heterocycles. The van der Waals surface area contributed by atoms with Crippen LogP contribution in [0.1, 0.15) is 56.2 Å². The summed E-state index contributed by atoms with van der Waals surface area (Å²) < 4.78 is 0. The smallest absolute Gasteiger partial charge is 0.327 e. The first kappa shape index (κ1) is 19.5. The Labute approximate surface area is 176 Å². The second-order valence-corrected chi connectivity index (χ2v) is 9.24. The summed E-state index contributed by atoms with van der Waals surface area (Å²) in [6.45, 7) is 5.30. The minimum absolute atomic E-state index is 0.0893. The molecule has 30 heavy (non-hydrogen) atoms. The summed E-state index contributed by atoms with van der Waals surface area (Å²) in [7, 11) is 0. The van der Waals surface area contributed by atoms with Crippen LogP contribution in [0.3, 0.4) is 0 Å². The molecule has 0 aromatic heterocycles. The lowest BCUT2D eigenvalue weighted by atomic mass is 9.47. The van der Waals surface area contributed by atoms with Crippen molar-refractivity contribution in [1.29, 1.82) is 5.26 Å². The van der Waals surface area contributed by atoms with E-state index < -0.39 is 16.6 Å². The minimum atomic E-state index is -1.00. The summed E-state index contributed by atoms with van der Waals surface area (Å²) >= 11 is 0. The first-order valence-corrected chi connectivity index (χ1v) is 11.0. The maximum atomic E-state index is 13.6. The predicted molar refractivity (Wildman–Crippen MR) is 110 cm³/mol. The van der Waals surface area contributed by atoms with Crippen LogP contribution in [0.5, 0.6) is 0 Å². The minimum Gasteiger partial charge on any atom is -0.387 e. The number of carbonyl (C=O) groups is 2. The molecular formula is C23H28N4O3. The van der Waals surface area contributed by atoms with Gasteiger partial charge in [-0.15, -0.1) is 0 Å². The van der Waals surface area contributed by atoms with E-state index in [9.17, 15) is 20.0 Å². The van der Waals surface area contributed by atoms with Crippen LogP contribution < -0.4 is 5.32 Å². The fourth-order valence-corrected chi connectivity index (χ4v) is 6.92. The van der Waals surface area contributed by atoms with Gasteiger partial charge in [-0.25, -0.2) is 4.79 Å². The van der Waals surface area contributed by atoms with Gasteiger partial charge < -0.3 is 15.3 Å². The van der Waals surface area contributed by atoms with E-state index in [0.717, 1.165) is 17.7 Å². The molecule has 7 heteroatoms. The Morgan fingerprint density at radius 3 is 2.73 bits per heavy atom. The number of nitrogens with one attached hydrogen (secondary N) is 1. The Bertz CT molecular complexity index is 987. The molecule has 0 unspecified atom stereocenters. The van der Waals surface area contributed by atoms with Crippen molar-refractivity contribution in [2.75, 3.05) is 19.6 Å². The highest BCUT2D eigenvalue weighted by molar-refractivity contribution is 6.07. The molecule has 1 aromatic carbocycles. The summed E-state index contributed by atoms with van der Waals surface area (Å²) in [5.41, 5.74) is 0.104. The summed E-state index contributed by atoms with van der Waals surface area (Å²) in [6, 6.07) is 7.66. The van der Waals surface area contributed by atoms with Gasteiger partial charge in [0.1, 0.15) is 5.54 Å². The largest absolute Gasteiger partial charge is 0.387 e. The van der Waals surface area contributed by atoms with Crippen LogP contribution in [-0.2, 0) is 16.6 Å². The van der Waals surface area contributed by atoms with Gasteiger partial charge in [-0.05, 0) is 75.8 Å².